The van der Waals surface area contributed by atoms with Crippen LogP contribution in [0.15, 0.2) is 58.6 Å². The molecule has 4 rings (SSSR count). The van der Waals surface area contributed by atoms with Crippen molar-refractivity contribution in [2.24, 2.45) is 10.8 Å². The van der Waals surface area contributed by atoms with Gasteiger partial charge in [-0.2, -0.15) is 10.5 Å². The minimum absolute atomic E-state index is 0.0416. The Kier molecular flexibility index (Phi) is 16.8. The van der Waals surface area contributed by atoms with Crippen molar-refractivity contribution in [2.45, 2.75) is 68.5 Å². The number of nitrogens with one attached hydrogen (secondary N) is 4. The number of carbonyl (C=O) groups excluding carboxylic acids is 3. The number of carbonyl (C=O) groups is 4. The number of esters is 1. The van der Waals surface area contributed by atoms with E-state index < -0.39 is 33.9 Å². The number of rotatable bonds is 12. The highest BCUT2D eigenvalue weighted by atomic mass is 32.1. The number of carboxylic acid groups (broad SMARTS) is 1. The van der Waals surface area contributed by atoms with Gasteiger partial charge in [-0.25, -0.2) is 19.6 Å². The lowest BCUT2D eigenvalue weighted by Gasteiger charge is -2.17. The molecule has 0 radical (unpaired) electrons. The number of aliphatic carboxylic acids is 1. The fourth-order valence-corrected chi connectivity index (χ4v) is 6.77. The minimum Gasteiger partial charge on any atom is -0.477 e. The summed E-state index contributed by atoms with van der Waals surface area (Å²) in [5.41, 5.74) is -2.65. The lowest BCUT2D eigenvalue weighted by molar-refractivity contribution is -0.135. The van der Waals surface area contributed by atoms with Crippen molar-refractivity contribution in [3.05, 3.63) is 88.2 Å². The van der Waals surface area contributed by atoms with E-state index in [4.69, 9.17) is 10.00 Å². The first-order valence-corrected chi connectivity index (χ1v) is 20.1. The van der Waals surface area contributed by atoms with E-state index in [0.717, 1.165) is 22.7 Å². The van der Waals surface area contributed by atoms with Crippen LogP contribution in [0.5, 0.6) is 0 Å². The zero-order valence-corrected chi connectivity index (χ0v) is 36.5. The molecule has 18 nitrogen and oxygen atoms in total. The van der Waals surface area contributed by atoms with Gasteiger partial charge in [0.25, 0.3) is 11.1 Å². The van der Waals surface area contributed by atoms with Gasteiger partial charge in [0.2, 0.25) is 11.8 Å². The second-order valence-corrected chi connectivity index (χ2v) is 16.7. The first-order chi connectivity index (χ1) is 28.7. The van der Waals surface area contributed by atoms with Crippen molar-refractivity contribution in [3.8, 4) is 12.1 Å². The fourth-order valence-electron chi connectivity index (χ4n) is 4.62. The molecule has 0 saturated carbocycles. The third kappa shape index (κ3) is 12.9. The van der Waals surface area contributed by atoms with Crippen LogP contribution in [-0.4, -0.2) is 54.6 Å². The molecule has 4 aromatic rings. The summed E-state index contributed by atoms with van der Waals surface area (Å²) < 4.78 is 8.31. The first kappa shape index (κ1) is 48.2. The summed E-state index contributed by atoms with van der Waals surface area (Å²) in [5.74, 6) is -1.06. The van der Waals surface area contributed by atoms with Crippen LogP contribution in [0, 0.1) is 33.5 Å². The normalized spacial score (nSPS) is 12.7. The predicted molar refractivity (Wildman–Crippen MR) is 235 cm³/mol. The van der Waals surface area contributed by atoms with Gasteiger partial charge in [-0.1, -0.05) is 66.3 Å². The van der Waals surface area contributed by atoms with Crippen molar-refractivity contribution in [1.82, 2.24) is 19.1 Å². The maximum absolute atomic E-state index is 12.8. The number of hydrogen-bond acceptors (Lipinski definition) is 15. The third-order valence-electron chi connectivity index (χ3n) is 7.90. The summed E-state index contributed by atoms with van der Waals surface area (Å²) in [6, 6.07) is 13.5. The Morgan fingerprint density at radius 2 is 1.15 bits per heavy atom. The summed E-state index contributed by atoms with van der Waals surface area (Å²) in [6.07, 6.45) is 4.24. The van der Waals surface area contributed by atoms with Crippen LogP contribution in [-0.2, 0) is 37.0 Å². The summed E-state index contributed by atoms with van der Waals surface area (Å²) >= 11 is 1.90. The topological polar surface area (TPSA) is 263 Å². The highest BCUT2D eigenvalue weighted by Crippen LogP contribution is 2.18. The predicted octanol–water partition coefficient (Wildman–Crippen LogP) is 2.48. The standard InChI is InChI=1S/C22H25N5O4S.C19H21N5O4S/c1-6-11-31-20(29)14(12-23)19-27(7-2)18(28)15(32-19)13-24-16-9-8-10-17(25-16)26-21(30)22(3,4)5;1-5-24-15(25)12(29-16(24)11(9-20)17(26)27)10-21-13-7-6-8-14(22-13)23-18(28)19(2,3)4/h6,8-10,13H,1,7,11H2,2-5H3,(H2,24,25,26,30);6-8,10H,5H2,1-4H3,(H,26,27)(H2,21,22,23,28). The molecule has 0 unspecified atom stereocenters. The number of hydrogen-bond donors (Lipinski definition) is 5. The average molecular weight is 871 g/mol. The molecule has 0 spiro atoms. The molecule has 320 valence electrons. The number of thiazole rings is 2. The van der Waals surface area contributed by atoms with Crippen molar-refractivity contribution in [2.75, 3.05) is 27.9 Å². The SMILES string of the molecule is C=CCOC(=O)C(C#N)=c1sc(=CNc2cccc(NC(=O)C(C)(C)C)n2)c(=O)n1CC.CCn1c(=C(C#N)C(=O)O)sc(=CNc2cccc(NC(=O)C(C)(C)C)n2)c1=O. The summed E-state index contributed by atoms with van der Waals surface area (Å²) in [7, 11) is 0. The zero-order chi connectivity index (χ0) is 45.7. The van der Waals surface area contributed by atoms with E-state index in [1.54, 1.807) is 97.9 Å². The van der Waals surface area contributed by atoms with Gasteiger partial charge in [-0.05, 0) is 38.1 Å². The van der Waals surface area contributed by atoms with E-state index in [-0.39, 0.29) is 61.0 Å². The Morgan fingerprint density at radius 1 is 0.754 bits per heavy atom. The van der Waals surface area contributed by atoms with E-state index in [2.05, 4.69) is 37.8 Å². The zero-order valence-electron chi connectivity index (χ0n) is 34.8. The van der Waals surface area contributed by atoms with E-state index in [0.29, 0.717) is 23.3 Å². The Hall–Kier alpha value is -7.16. The Morgan fingerprint density at radius 3 is 1.49 bits per heavy atom. The molecule has 61 heavy (non-hydrogen) atoms. The maximum Gasteiger partial charge on any atom is 0.352 e. The van der Waals surface area contributed by atoms with Crippen LogP contribution in [0.4, 0.5) is 23.3 Å². The van der Waals surface area contributed by atoms with Crippen LogP contribution in [0.25, 0.3) is 23.5 Å². The molecule has 0 aliphatic carbocycles. The molecule has 0 aliphatic heterocycles. The van der Waals surface area contributed by atoms with Crippen molar-refractivity contribution in [3.63, 3.8) is 0 Å². The third-order valence-corrected chi connectivity index (χ3v) is 10.2. The number of ether oxygens (including phenoxy) is 1. The monoisotopic (exact) mass is 870 g/mol. The van der Waals surface area contributed by atoms with E-state index in [1.165, 1.54) is 27.6 Å². The van der Waals surface area contributed by atoms with Gasteiger partial charge in [-0.15, -0.1) is 22.7 Å². The quantitative estimate of drug-likeness (QED) is 0.101. The molecule has 2 amide bonds. The molecule has 4 heterocycles. The molecular weight excluding hydrogens is 825 g/mol. The highest BCUT2D eigenvalue weighted by Gasteiger charge is 2.23. The Balaban J connectivity index is 0.000000327. The maximum atomic E-state index is 12.8. The lowest BCUT2D eigenvalue weighted by Crippen LogP contribution is -2.32. The van der Waals surface area contributed by atoms with E-state index in [9.17, 15) is 39.1 Å². The average Bonchev–Trinajstić information content (AvgIpc) is 3.69. The number of carboxylic acids is 1. The second kappa shape index (κ2) is 21.2. The molecular formula is C41H46N10O8S2. The molecule has 5 N–H and O–H groups in total. The number of amides is 2. The number of aromatic nitrogens is 4. The highest BCUT2D eigenvalue weighted by molar-refractivity contribution is 7.08. The van der Waals surface area contributed by atoms with Crippen LogP contribution in [0.2, 0.25) is 0 Å². The molecule has 0 fully saturated rings. The van der Waals surface area contributed by atoms with Gasteiger partial charge in [0.15, 0.2) is 11.1 Å². The molecule has 0 atom stereocenters. The molecule has 20 heteroatoms. The van der Waals surface area contributed by atoms with Gasteiger partial charge >= 0.3 is 11.9 Å². The summed E-state index contributed by atoms with van der Waals surface area (Å²) in [6.45, 7) is 18.1. The van der Waals surface area contributed by atoms with Crippen molar-refractivity contribution in [1.29, 1.82) is 10.5 Å². The molecule has 0 aliphatic rings. The lowest BCUT2D eigenvalue weighted by atomic mass is 9.96. The summed E-state index contributed by atoms with van der Waals surface area (Å²) in [5, 5.41) is 39.0. The smallest absolute Gasteiger partial charge is 0.352 e. The number of nitriles is 2. The van der Waals surface area contributed by atoms with Crippen molar-refractivity contribution < 1.29 is 29.0 Å². The van der Waals surface area contributed by atoms with Gasteiger partial charge in [0.05, 0.1) is 0 Å². The van der Waals surface area contributed by atoms with Crippen LogP contribution < -0.4 is 50.8 Å². The largest absolute Gasteiger partial charge is 0.477 e. The summed E-state index contributed by atoms with van der Waals surface area (Å²) in [4.78, 5) is 81.6. The van der Waals surface area contributed by atoms with Gasteiger partial charge < -0.3 is 31.1 Å². The fraction of sp³-hybridized carbons (Fsp3) is 0.317. The van der Waals surface area contributed by atoms with Crippen LogP contribution in [0.1, 0.15) is 55.4 Å². The number of anilines is 4. The minimum atomic E-state index is -1.39. The van der Waals surface area contributed by atoms with Gasteiger partial charge in [-0.3, -0.25) is 28.3 Å². The van der Waals surface area contributed by atoms with Crippen LogP contribution >= 0.6 is 22.7 Å². The molecule has 4 aromatic heterocycles. The molecule has 0 bridgehead atoms. The van der Waals surface area contributed by atoms with Gasteiger partial charge in [0.1, 0.15) is 60.4 Å². The van der Waals surface area contributed by atoms with E-state index in [1.807, 2.05) is 6.07 Å². The Labute approximate surface area is 358 Å². The molecule has 0 aromatic carbocycles. The van der Waals surface area contributed by atoms with Crippen LogP contribution in [0.3, 0.4) is 0 Å². The Bertz CT molecular complexity index is 2790. The second-order valence-electron chi connectivity index (χ2n) is 14.6. The van der Waals surface area contributed by atoms with Gasteiger partial charge in [0, 0.05) is 36.3 Å². The number of nitrogens with zero attached hydrogens (tertiary/aromatic N) is 6. The molecule has 0 saturated heterocycles. The first-order valence-electron chi connectivity index (χ1n) is 18.5. The number of pyridine rings is 2. The van der Waals surface area contributed by atoms with E-state index >= 15 is 0 Å². The van der Waals surface area contributed by atoms with Crippen molar-refractivity contribution >= 4 is 93.2 Å².